The third-order valence-corrected chi connectivity index (χ3v) is 3.40. The molecule has 0 N–H and O–H groups in total. The molecule has 19 heavy (non-hydrogen) atoms. The number of Topliss-reactive ketones (excluding diaryl/α,β-unsaturated/α-hetero) is 1. The summed E-state index contributed by atoms with van der Waals surface area (Å²) in [6, 6.07) is 4.02. The molecule has 0 fully saturated rings. The molecule has 0 spiro atoms. The third-order valence-electron chi connectivity index (χ3n) is 3.40. The molecule has 0 aliphatic carbocycles. The minimum Gasteiger partial charge on any atom is -0.469 e. The Morgan fingerprint density at radius 1 is 0.947 bits per heavy atom. The van der Waals surface area contributed by atoms with Crippen molar-refractivity contribution in [1.29, 1.82) is 0 Å². The Labute approximate surface area is 115 Å². The summed E-state index contributed by atoms with van der Waals surface area (Å²) in [6.45, 7) is 6.03. The van der Waals surface area contributed by atoms with Crippen molar-refractivity contribution >= 4 is 11.8 Å². The summed E-state index contributed by atoms with van der Waals surface area (Å²) in [7, 11) is 1.38. The van der Waals surface area contributed by atoms with E-state index < -0.39 is 0 Å². The van der Waals surface area contributed by atoms with Gasteiger partial charge in [0.25, 0.3) is 0 Å². The van der Waals surface area contributed by atoms with E-state index >= 15 is 0 Å². The van der Waals surface area contributed by atoms with E-state index in [2.05, 4.69) is 10.8 Å². The van der Waals surface area contributed by atoms with Gasteiger partial charge in [-0.05, 0) is 56.4 Å². The van der Waals surface area contributed by atoms with Gasteiger partial charge in [0.05, 0.1) is 7.11 Å². The molecule has 0 saturated heterocycles. The van der Waals surface area contributed by atoms with E-state index in [-0.39, 0.29) is 11.8 Å². The lowest BCUT2D eigenvalue weighted by Crippen LogP contribution is -2.04. The summed E-state index contributed by atoms with van der Waals surface area (Å²) in [5.41, 5.74) is 4.19. The molecule has 3 nitrogen and oxygen atoms in total. The first kappa shape index (κ1) is 15.4. The van der Waals surface area contributed by atoms with Gasteiger partial charge in [0.15, 0.2) is 5.78 Å². The van der Waals surface area contributed by atoms with Crippen molar-refractivity contribution in [3.8, 4) is 0 Å². The topological polar surface area (TPSA) is 43.4 Å². The van der Waals surface area contributed by atoms with Crippen LogP contribution < -0.4 is 0 Å². The zero-order chi connectivity index (χ0) is 14.4. The van der Waals surface area contributed by atoms with Crippen molar-refractivity contribution in [2.45, 2.75) is 46.5 Å². The lowest BCUT2D eigenvalue weighted by molar-refractivity contribution is -0.140. The Kier molecular flexibility index (Phi) is 5.74. The molecular formula is C16H22O3. The zero-order valence-corrected chi connectivity index (χ0v) is 12.2. The normalized spacial score (nSPS) is 10.3. The van der Waals surface area contributed by atoms with Crippen molar-refractivity contribution in [1.82, 2.24) is 0 Å². The standard InChI is InChI=1S/C16H22O3/c1-11-9-13(3)14(10-12(11)2)15(17)7-5-6-8-16(18)19-4/h9-10H,5-8H2,1-4H3. The fraction of sp³-hybridized carbons (Fsp3) is 0.500. The summed E-state index contributed by atoms with van der Waals surface area (Å²) in [5.74, 6) is -0.0553. The number of methoxy groups -OCH3 is 1. The molecule has 0 heterocycles. The first-order chi connectivity index (χ1) is 8.95. The molecule has 0 aliphatic heterocycles. The number of hydrogen-bond acceptors (Lipinski definition) is 3. The van der Waals surface area contributed by atoms with Crippen molar-refractivity contribution in [2.75, 3.05) is 7.11 Å². The molecule has 1 rings (SSSR count). The van der Waals surface area contributed by atoms with Crippen LogP contribution in [0.25, 0.3) is 0 Å². The van der Waals surface area contributed by atoms with Gasteiger partial charge in [-0.1, -0.05) is 6.07 Å². The van der Waals surface area contributed by atoms with Gasteiger partial charge in [-0.3, -0.25) is 9.59 Å². The smallest absolute Gasteiger partial charge is 0.305 e. The van der Waals surface area contributed by atoms with E-state index in [1.54, 1.807) is 0 Å². The van der Waals surface area contributed by atoms with Gasteiger partial charge in [-0.15, -0.1) is 0 Å². The molecule has 0 radical (unpaired) electrons. The fourth-order valence-corrected chi connectivity index (χ4v) is 2.05. The molecule has 1 aromatic carbocycles. The van der Waals surface area contributed by atoms with Crippen molar-refractivity contribution in [2.24, 2.45) is 0 Å². The van der Waals surface area contributed by atoms with Gasteiger partial charge < -0.3 is 4.74 Å². The van der Waals surface area contributed by atoms with E-state index in [9.17, 15) is 9.59 Å². The fourth-order valence-electron chi connectivity index (χ4n) is 2.05. The second kappa shape index (κ2) is 7.07. The van der Waals surface area contributed by atoms with Crippen LogP contribution in [0.5, 0.6) is 0 Å². The van der Waals surface area contributed by atoms with Crippen molar-refractivity contribution in [3.63, 3.8) is 0 Å². The van der Waals surface area contributed by atoms with Crippen LogP contribution in [0.3, 0.4) is 0 Å². The largest absolute Gasteiger partial charge is 0.469 e. The van der Waals surface area contributed by atoms with Gasteiger partial charge in [0.1, 0.15) is 0 Å². The minimum atomic E-state index is -0.213. The Hall–Kier alpha value is -1.64. The second-order valence-corrected chi connectivity index (χ2v) is 4.96. The SMILES string of the molecule is COC(=O)CCCCC(=O)c1cc(C)c(C)cc1C. The Balaban J connectivity index is 2.55. The number of carbonyl (C=O) groups excluding carboxylic acids is 2. The lowest BCUT2D eigenvalue weighted by atomic mass is 9.96. The van der Waals surface area contributed by atoms with E-state index in [0.29, 0.717) is 19.3 Å². The molecule has 0 amide bonds. The summed E-state index contributed by atoms with van der Waals surface area (Å²) in [5, 5.41) is 0. The number of ketones is 1. The summed E-state index contributed by atoms with van der Waals surface area (Å²) in [6.07, 6.45) is 2.29. The molecule has 3 heteroatoms. The Morgan fingerprint density at radius 2 is 1.53 bits per heavy atom. The van der Waals surface area contributed by atoms with Gasteiger partial charge in [-0.2, -0.15) is 0 Å². The lowest BCUT2D eigenvalue weighted by Gasteiger charge is -2.09. The van der Waals surface area contributed by atoms with E-state index in [1.165, 1.54) is 12.7 Å². The summed E-state index contributed by atoms with van der Waals surface area (Å²) >= 11 is 0. The van der Waals surface area contributed by atoms with Crippen LogP contribution in [0.4, 0.5) is 0 Å². The Bertz CT molecular complexity index is 475. The second-order valence-electron chi connectivity index (χ2n) is 4.96. The maximum absolute atomic E-state index is 12.1. The molecule has 0 aliphatic rings. The molecule has 104 valence electrons. The molecule has 0 unspecified atom stereocenters. The first-order valence-corrected chi connectivity index (χ1v) is 6.63. The first-order valence-electron chi connectivity index (χ1n) is 6.63. The monoisotopic (exact) mass is 262 g/mol. The highest BCUT2D eigenvalue weighted by molar-refractivity contribution is 5.97. The molecular weight excluding hydrogens is 240 g/mol. The average molecular weight is 262 g/mol. The summed E-state index contributed by atoms with van der Waals surface area (Å²) < 4.78 is 4.57. The van der Waals surface area contributed by atoms with Gasteiger partial charge in [0.2, 0.25) is 0 Å². The molecule has 0 saturated carbocycles. The number of carbonyl (C=O) groups is 2. The zero-order valence-electron chi connectivity index (χ0n) is 12.2. The molecule has 0 aromatic heterocycles. The highest BCUT2D eigenvalue weighted by atomic mass is 16.5. The van der Waals surface area contributed by atoms with Crippen LogP contribution in [-0.4, -0.2) is 18.9 Å². The number of benzene rings is 1. The maximum Gasteiger partial charge on any atom is 0.305 e. The summed E-state index contributed by atoms with van der Waals surface area (Å²) in [4.78, 5) is 23.1. The quantitative estimate of drug-likeness (QED) is 0.447. The highest BCUT2D eigenvalue weighted by Crippen LogP contribution is 2.18. The van der Waals surface area contributed by atoms with Gasteiger partial charge in [-0.25, -0.2) is 0 Å². The van der Waals surface area contributed by atoms with E-state index in [4.69, 9.17) is 0 Å². The van der Waals surface area contributed by atoms with Crippen LogP contribution in [0.1, 0.15) is 52.7 Å². The number of rotatable bonds is 6. The third kappa shape index (κ3) is 4.51. The van der Waals surface area contributed by atoms with E-state index in [1.807, 2.05) is 26.8 Å². The van der Waals surface area contributed by atoms with E-state index in [0.717, 1.165) is 23.1 Å². The van der Waals surface area contributed by atoms with Crippen molar-refractivity contribution < 1.29 is 14.3 Å². The van der Waals surface area contributed by atoms with Gasteiger partial charge in [0, 0.05) is 18.4 Å². The predicted molar refractivity (Wildman–Crippen MR) is 75.5 cm³/mol. The number of unbranched alkanes of at least 4 members (excludes halogenated alkanes) is 1. The predicted octanol–water partition coefficient (Wildman–Crippen LogP) is 3.53. The number of ether oxygens (including phenoxy) is 1. The minimum absolute atomic E-state index is 0.158. The van der Waals surface area contributed by atoms with Crippen LogP contribution in [-0.2, 0) is 9.53 Å². The van der Waals surface area contributed by atoms with Crippen LogP contribution >= 0.6 is 0 Å². The number of esters is 1. The van der Waals surface area contributed by atoms with Crippen LogP contribution in [0, 0.1) is 20.8 Å². The highest BCUT2D eigenvalue weighted by Gasteiger charge is 2.11. The number of aryl methyl sites for hydroxylation is 3. The maximum atomic E-state index is 12.1. The average Bonchev–Trinajstić information content (AvgIpc) is 2.38. The molecule has 0 bridgehead atoms. The van der Waals surface area contributed by atoms with Gasteiger partial charge >= 0.3 is 5.97 Å². The Morgan fingerprint density at radius 3 is 2.16 bits per heavy atom. The number of hydrogen-bond donors (Lipinski definition) is 0. The van der Waals surface area contributed by atoms with Crippen LogP contribution in [0.2, 0.25) is 0 Å². The van der Waals surface area contributed by atoms with Crippen molar-refractivity contribution in [3.05, 3.63) is 34.4 Å². The molecule has 1 aromatic rings. The van der Waals surface area contributed by atoms with Crippen LogP contribution in [0.15, 0.2) is 12.1 Å². The molecule has 0 atom stereocenters.